The van der Waals surface area contributed by atoms with Crippen molar-refractivity contribution in [3.8, 4) is 17.2 Å². The number of fused-ring (bicyclic) bond motifs is 1. The lowest BCUT2D eigenvalue weighted by molar-refractivity contribution is -0.605. The van der Waals surface area contributed by atoms with E-state index in [4.69, 9.17) is 23.7 Å². The molecule has 1 amide bonds. The van der Waals surface area contributed by atoms with E-state index in [9.17, 15) is 15.1 Å². The number of amides is 1. The van der Waals surface area contributed by atoms with Crippen molar-refractivity contribution in [3.63, 3.8) is 0 Å². The predicted octanol–water partition coefficient (Wildman–Crippen LogP) is 5.03. The second-order valence-electron chi connectivity index (χ2n) is 11.9. The van der Waals surface area contributed by atoms with Crippen LogP contribution in [0.3, 0.4) is 0 Å². The third-order valence-corrected chi connectivity index (χ3v) is 8.58. The summed E-state index contributed by atoms with van der Waals surface area (Å²) in [5, 5.41) is 22.9. The van der Waals surface area contributed by atoms with E-state index < -0.39 is 24.2 Å². The summed E-state index contributed by atoms with van der Waals surface area (Å²) >= 11 is 0. The molecule has 11 heteroatoms. The molecule has 1 saturated heterocycles. The minimum absolute atomic E-state index is 0.0994. The van der Waals surface area contributed by atoms with Gasteiger partial charge in [0.05, 0.1) is 44.1 Å². The average Bonchev–Trinajstić information content (AvgIpc) is 3.11. The number of methoxy groups -OCH3 is 1. The van der Waals surface area contributed by atoms with Gasteiger partial charge in [-0.05, 0) is 47.4 Å². The number of benzene rings is 3. The van der Waals surface area contributed by atoms with Gasteiger partial charge in [0.15, 0.2) is 12.4 Å². The maximum absolute atomic E-state index is 13.2. The molecule has 0 bridgehead atoms. The van der Waals surface area contributed by atoms with Crippen LogP contribution in [0.4, 0.5) is 10.5 Å². The van der Waals surface area contributed by atoms with Crippen LogP contribution in [-0.4, -0.2) is 74.8 Å². The molecule has 2 aliphatic rings. The lowest BCUT2D eigenvalue weighted by Crippen LogP contribution is -2.53. The molecule has 11 nitrogen and oxygen atoms in total. The lowest BCUT2D eigenvalue weighted by atomic mass is 9.84. The molecule has 0 saturated carbocycles. The fourth-order valence-electron chi connectivity index (χ4n) is 6.15. The van der Waals surface area contributed by atoms with Gasteiger partial charge in [-0.2, -0.15) is 4.73 Å². The van der Waals surface area contributed by atoms with Crippen molar-refractivity contribution < 1.29 is 38.3 Å². The minimum atomic E-state index is -0.908. The van der Waals surface area contributed by atoms with Gasteiger partial charge in [-0.25, -0.2) is 4.79 Å². The monoisotopic (exact) mass is 655 g/mol. The van der Waals surface area contributed by atoms with Gasteiger partial charge in [-0.1, -0.05) is 48.5 Å². The summed E-state index contributed by atoms with van der Waals surface area (Å²) in [5.74, 6) is 1.54. The summed E-state index contributed by atoms with van der Waals surface area (Å²) < 4.78 is 29.9. The number of β-amino-alcohol motifs (C(OH)–C–C–N with tert-alkyl or cyclic N) is 1. The number of rotatable bonds is 12. The number of piperidine rings is 1. The number of hydrogen-bond acceptors (Lipinski definition) is 9. The molecule has 3 heterocycles. The Morgan fingerprint density at radius 3 is 2.50 bits per heavy atom. The number of ether oxygens (including phenoxy) is 5. The third-order valence-electron chi connectivity index (χ3n) is 8.58. The molecule has 3 aromatic carbocycles. The number of nitrogens with zero attached hydrogens (tertiary/aromatic N) is 3. The van der Waals surface area contributed by atoms with Crippen LogP contribution in [0.1, 0.15) is 29.0 Å². The Hall–Kier alpha value is -4.84. The van der Waals surface area contributed by atoms with Gasteiger partial charge < -0.3 is 43.8 Å². The standard InChI is InChI=1S/C37H41N3O8/c1-44-20-5-16-38-19-21-45-34-13-8-28(22-32(34)38)26-46-35-24-39(37(42)47-25-27-6-3-2-4-7-27)23-33(41)36(35)29-9-11-30(12-10-29)48-31-14-17-40(43)18-15-31/h2-4,6-15,17-18,22,33,35-36,41H,5,16,19-21,23-26H2,1H3. The van der Waals surface area contributed by atoms with Crippen molar-refractivity contribution >= 4 is 11.8 Å². The summed E-state index contributed by atoms with van der Waals surface area (Å²) in [5.41, 5.74) is 3.71. The highest BCUT2D eigenvalue weighted by molar-refractivity contribution is 5.68. The SMILES string of the molecule is COCCCN1CCOc2ccc(COC3CN(C(=O)OCc4ccccc4)CC(O)C3c3ccc(Oc4cc[n+]([O-])cc4)cc3)cc21. The molecule has 252 valence electrons. The van der Waals surface area contributed by atoms with Gasteiger partial charge in [0.25, 0.3) is 0 Å². The highest BCUT2D eigenvalue weighted by Gasteiger charge is 2.40. The van der Waals surface area contributed by atoms with Crippen molar-refractivity contribution in [1.29, 1.82) is 0 Å². The number of aliphatic hydroxyl groups excluding tert-OH is 1. The summed E-state index contributed by atoms with van der Waals surface area (Å²) in [6.07, 6.45) is 1.70. The normalized spacial score (nSPS) is 18.9. The Balaban J connectivity index is 1.18. The van der Waals surface area contributed by atoms with Crippen LogP contribution in [0, 0.1) is 5.21 Å². The van der Waals surface area contributed by atoms with E-state index in [1.807, 2.05) is 66.7 Å². The molecule has 6 rings (SSSR count). The van der Waals surface area contributed by atoms with E-state index in [1.165, 1.54) is 17.3 Å². The quantitative estimate of drug-likeness (QED) is 0.127. The molecule has 3 unspecified atom stereocenters. The molecular weight excluding hydrogens is 614 g/mol. The Kier molecular flexibility index (Phi) is 10.9. The highest BCUT2D eigenvalue weighted by atomic mass is 16.6. The Morgan fingerprint density at radius 1 is 0.958 bits per heavy atom. The molecule has 4 aromatic rings. The maximum Gasteiger partial charge on any atom is 0.410 e. The summed E-state index contributed by atoms with van der Waals surface area (Å²) in [6.45, 7) is 3.71. The van der Waals surface area contributed by atoms with Gasteiger partial charge in [0.1, 0.15) is 30.5 Å². The zero-order valence-electron chi connectivity index (χ0n) is 27.0. The van der Waals surface area contributed by atoms with E-state index in [0.717, 1.165) is 47.6 Å². The van der Waals surface area contributed by atoms with E-state index in [1.54, 1.807) is 19.2 Å². The van der Waals surface area contributed by atoms with Crippen molar-refractivity contribution in [3.05, 3.63) is 119 Å². The molecule has 0 spiro atoms. The number of hydrogen-bond donors (Lipinski definition) is 1. The van der Waals surface area contributed by atoms with Crippen LogP contribution in [-0.2, 0) is 27.4 Å². The van der Waals surface area contributed by atoms with Crippen LogP contribution in [0.15, 0.2) is 97.3 Å². The lowest BCUT2D eigenvalue weighted by Gasteiger charge is -2.41. The van der Waals surface area contributed by atoms with E-state index in [2.05, 4.69) is 11.0 Å². The Bertz CT molecular complexity index is 1620. The van der Waals surface area contributed by atoms with Crippen molar-refractivity contribution in [2.24, 2.45) is 0 Å². The first-order valence-electron chi connectivity index (χ1n) is 16.2. The predicted molar refractivity (Wildman–Crippen MR) is 178 cm³/mol. The topological polar surface area (TPSA) is 117 Å². The van der Waals surface area contributed by atoms with Gasteiger partial charge in [0, 0.05) is 38.3 Å². The average molecular weight is 656 g/mol. The molecule has 2 aliphatic heterocycles. The maximum atomic E-state index is 13.2. The number of aromatic nitrogens is 1. The van der Waals surface area contributed by atoms with Crippen LogP contribution < -0.4 is 19.1 Å². The summed E-state index contributed by atoms with van der Waals surface area (Å²) in [7, 11) is 1.71. The summed E-state index contributed by atoms with van der Waals surface area (Å²) in [4.78, 5) is 17.0. The number of aliphatic hydroxyl groups is 1. The first-order valence-corrected chi connectivity index (χ1v) is 16.2. The van der Waals surface area contributed by atoms with Gasteiger partial charge >= 0.3 is 6.09 Å². The minimum Gasteiger partial charge on any atom is -0.619 e. The van der Waals surface area contributed by atoms with Crippen LogP contribution in [0.2, 0.25) is 0 Å². The number of pyridine rings is 1. The van der Waals surface area contributed by atoms with Gasteiger partial charge in [-0.3, -0.25) is 0 Å². The fraction of sp³-hybridized carbons (Fsp3) is 0.351. The second-order valence-corrected chi connectivity index (χ2v) is 11.9. The first kappa shape index (κ1) is 33.1. The van der Waals surface area contributed by atoms with Crippen molar-refractivity contribution in [1.82, 2.24) is 4.90 Å². The number of carbonyl (C=O) groups is 1. The summed E-state index contributed by atoms with van der Waals surface area (Å²) in [6, 6.07) is 26.1. The van der Waals surface area contributed by atoms with Gasteiger partial charge in [0.2, 0.25) is 0 Å². The molecule has 48 heavy (non-hydrogen) atoms. The number of carbonyl (C=O) groups excluding carboxylic acids is 1. The largest absolute Gasteiger partial charge is 0.619 e. The zero-order valence-corrected chi connectivity index (χ0v) is 27.0. The second kappa shape index (κ2) is 15.8. The molecular formula is C37H41N3O8. The molecule has 1 N–H and O–H groups in total. The third kappa shape index (κ3) is 8.35. The van der Waals surface area contributed by atoms with Crippen molar-refractivity contribution in [2.45, 2.75) is 37.8 Å². The van der Waals surface area contributed by atoms with Crippen LogP contribution in [0.5, 0.6) is 17.2 Å². The van der Waals surface area contributed by atoms with Gasteiger partial charge in [-0.15, -0.1) is 0 Å². The van der Waals surface area contributed by atoms with Crippen molar-refractivity contribution in [2.75, 3.05) is 51.4 Å². The molecule has 3 atom stereocenters. The highest BCUT2D eigenvalue weighted by Crippen LogP contribution is 2.36. The first-order chi connectivity index (χ1) is 23.5. The van der Waals surface area contributed by atoms with Crippen LogP contribution in [0.25, 0.3) is 0 Å². The molecule has 0 aliphatic carbocycles. The Labute approximate surface area is 280 Å². The van der Waals surface area contributed by atoms with E-state index >= 15 is 0 Å². The number of likely N-dealkylation sites (tertiary alicyclic amines) is 1. The zero-order chi connectivity index (χ0) is 33.3. The smallest absolute Gasteiger partial charge is 0.410 e. The number of anilines is 1. The fourth-order valence-corrected chi connectivity index (χ4v) is 6.15. The van der Waals surface area contributed by atoms with E-state index in [-0.39, 0.29) is 26.3 Å². The molecule has 1 aromatic heterocycles. The van der Waals surface area contributed by atoms with E-state index in [0.29, 0.717) is 29.4 Å². The molecule has 0 radical (unpaired) electrons. The molecule has 1 fully saturated rings. The Morgan fingerprint density at radius 2 is 1.73 bits per heavy atom. The van der Waals surface area contributed by atoms with Crippen LogP contribution >= 0.6 is 0 Å².